The topological polar surface area (TPSA) is 42.0 Å². The Kier molecular flexibility index (Phi) is 4.10. The number of aromatic nitrogens is 1. The maximum absolute atomic E-state index is 12.6. The fraction of sp³-hybridized carbons (Fsp3) is 0.238. The summed E-state index contributed by atoms with van der Waals surface area (Å²) in [5, 5.41) is 3.93. The van der Waals surface area contributed by atoms with Crippen molar-refractivity contribution in [3.8, 4) is 0 Å². The third kappa shape index (κ3) is 3.30. The number of carbonyl (C=O) groups is 1. The fourth-order valence-electron chi connectivity index (χ4n) is 2.69. The normalized spacial score (nSPS) is 11.5. The van der Waals surface area contributed by atoms with Gasteiger partial charge in [0.05, 0.1) is 16.8 Å². The van der Waals surface area contributed by atoms with E-state index < -0.39 is 0 Å². The molecule has 1 aromatic heterocycles. The molecule has 3 nitrogen and oxygen atoms in total. The summed E-state index contributed by atoms with van der Waals surface area (Å²) in [6, 6.07) is 17.7. The second-order valence-electron chi connectivity index (χ2n) is 7.10. The molecule has 1 heterocycles. The molecule has 0 saturated heterocycles. The Hall–Kier alpha value is -2.68. The van der Waals surface area contributed by atoms with Gasteiger partial charge in [0.1, 0.15) is 0 Å². The van der Waals surface area contributed by atoms with Crippen LogP contribution in [0.4, 0.5) is 5.69 Å². The molecule has 2 aromatic carbocycles. The van der Waals surface area contributed by atoms with Gasteiger partial charge in [-0.25, -0.2) is 0 Å². The lowest BCUT2D eigenvalue weighted by atomic mass is 9.87. The largest absolute Gasteiger partial charge is 0.322 e. The van der Waals surface area contributed by atoms with Gasteiger partial charge in [-0.2, -0.15) is 0 Å². The van der Waals surface area contributed by atoms with Gasteiger partial charge in [-0.1, -0.05) is 51.1 Å². The minimum absolute atomic E-state index is 0.0986. The van der Waals surface area contributed by atoms with Crippen LogP contribution >= 0.6 is 0 Å². The van der Waals surface area contributed by atoms with E-state index >= 15 is 0 Å². The summed E-state index contributed by atoms with van der Waals surface area (Å²) in [4.78, 5) is 17.1. The molecule has 24 heavy (non-hydrogen) atoms. The lowest BCUT2D eigenvalue weighted by Crippen LogP contribution is -2.15. The molecule has 122 valence electrons. The van der Waals surface area contributed by atoms with E-state index in [2.05, 4.69) is 43.2 Å². The van der Waals surface area contributed by atoms with Crippen molar-refractivity contribution in [2.45, 2.75) is 33.1 Å². The molecule has 1 amide bonds. The molecule has 0 bridgehead atoms. The number of nitrogens with zero attached hydrogens (tertiary/aromatic N) is 1. The van der Waals surface area contributed by atoms with Gasteiger partial charge >= 0.3 is 0 Å². The Morgan fingerprint density at radius 3 is 2.33 bits per heavy atom. The minimum Gasteiger partial charge on any atom is -0.322 e. The molecule has 3 aromatic rings. The quantitative estimate of drug-likeness (QED) is 0.715. The Balaban J connectivity index is 1.86. The summed E-state index contributed by atoms with van der Waals surface area (Å²) in [5.41, 5.74) is 4.37. The van der Waals surface area contributed by atoms with Crippen molar-refractivity contribution in [2.24, 2.45) is 0 Å². The molecule has 3 heteroatoms. The van der Waals surface area contributed by atoms with Gasteiger partial charge in [-0.15, -0.1) is 0 Å². The van der Waals surface area contributed by atoms with Crippen LogP contribution in [0.3, 0.4) is 0 Å². The highest BCUT2D eigenvalue weighted by Crippen LogP contribution is 2.24. The van der Waals surface area contributed by atoms with Crippen molar-refractivity contribution in [1.82, 2.24) is 4.98 Å². The van der Waals surface area contributed by atoms with Gasteiger partial charge in [-0.05, 0) is 42.2 Å². The number of anilines is 1. The first-order valence-corrected chi connectivity index (χ1v) is 8.13. The zero-order valence-corrected chi connectivity index (χ0v) is 14.6. The van der Waals surface area contributed by atoms with E-state index in [4.69, 9.17) is 0 Å². The number of carbonyl (C=O) groups excluding carboxylic acids is 1. The molecular formula is C21H22N2O. The second kappa shape index (κ2) is 6.08. The van der Waals surface area contributed by atoms with Crippen LogP contribution in [0.1, 0.15) is 42.4 Å². The average molecular weight is 318 g/mol. The first-order valence-electron chi connectivity index (χ1n) is 8.13. The van der Waals surface area contributed by atoms with Crippen LogP contribution in [0.25, 0.3) is 10.9 Å². The lowest BCUT2D eigenvalue weighted by Gasteiger charge is -2.19. The average Bonchev–Trinajstić information content (AvgIpc) is 2.53. The predicted octanol–water partition coefficient (Wildman–Crippen LogP) is 5.09. The first kappa shape index (κ1) is 16.2. The first-order chi connectivity index (χ1) is 11.3. The summed E-state index contributed by atoms with van der Waals surface area (Å²) in [6.45, 7) is 8.38. The van der Waals surface area contributed by atoms with Crippen LogP contribution < -0.4 is 5.32 Å². The van der Waals surface area contributed by atoms with Crippen molar-refractivity contribution in [1.29, 1.82) is 0 Å². The number of benzene rings is 2. The Labute approximate surface area is 142 Å². The minimum atomic E-state index is -0.130. The van der Waals surface area contributed by atoms with Gasteiger partial charge in [0, 0.05) is 11.1 Å². The molecular weight excluding hydrogens is 296 g/mol. The van der Waals surface area contributed by atoms with Crippen molar-refractivity contribution >= 4 is 22.5 Å². The number of hydrogen-bond acceptors (Lipinski definition) is 2. The molecule has 3 rings (SSSR count). The summed E-state index contributed by atoms with van der Waals surface area (Å²) < 4.78 is 0. The summed E-state index contributed by atoms with van der Waals surface area (Å²) in [6.07, 6.45) is 0. The van der Waals surface area contributed by atoms with Gasteiger partial charge in [-0.3, -0.25) is 9.78 Å². The zero-order chi connectivity index (χ0) is 17.3. The highest BCUT2D eigenvalue weighted by molar-refractivity contribution is 6.06. The zero-order valence-electron chi connectivity index (χ0n) is 14.6. The molecule has 1 N–H and O–H groups in total. The van der Waals surface area contributed by atoms with Crippen LogP contribution in [0.5, 0.6) is 0 Å². The SMILES string of the molecule is Cc1nc2ccccc2cc1C(=O)Nc1ccc(C(C)(C)C)cc1. The highest BCUT2D eigenvalue weighted by atomic mass is 16.1. The molecule has 0 saturated carbocycles. The summed E-state index contributed by atoms with van der Waals surface area (Å²) in [5.74, 6) is -0.130. The molecule has 0 fully saturated rings. The predicted molar refractivity (Wildman–Crippen MR) is 99.6 cm³/mol. The molecule has 0 spiro atoms. The third-order valence-corrected chi connectivity index (χ3v) is 4.17. The number of nitrogens with one attached hydrogen (secondary N) is 1. The van der Waals surface area contributed by atoms with Crippen molar-refractivity contribution < 1.29 is 4.79 Å². The van der Waals surface area contributed by atoms with Gasteiger partial charge in [0.15, 0.2) is 0 Å². The van der Waals surface area contributed by atoms with Gasteiger partial charge in [0.2, 0.25) is 0 Å². The van der Waals surface area contributed by atoms with Gasteiger partial charge < -0.3 is 5.32 Å². The standard InChI is InChI=1S/C21H22N2O/c1-14-18(13-15-7-5-6-8-19(15)22-14)20(24)23-17-11-9-16(10-12-17)21(2,3)4/h5-13H,1-4H3,(H,23,24). The van der Waals surface area contributed by atoms with E-state index in [1.54, 1.807) is 0 Å². The Morgan fingerprint density at radius 2 is 1.67 bits per heavy atom. The number of rotatable bonds is 2. The van der Waals surface area contributed by atoms with Crippen LogP contribution in [-0.4, -0.2) is 10.9 Å². The Morgan fingerprint density at radius 1 is 1.00 bits per heavy atom. The molecule has 0 aliphatic carbocycles. The molecule has 0 radical (unpaired) electrons. The molecule has 0 aliphatic heterocycles. The van der Waals surface area contributed by atoms with Crippen molar-refractivity contribution in [3.05, 3.63) is 71.4 Å². The highest BCUT2D eigenvalue weighted by Gasteiger charge is 2.15. The number of amides is 1. The summed E-state index contributed by atoms with van der Waals surface area (Å²) >= 11 is 0. The van der Waals surface area contributed by atoms with Crippen LogP contribution in [0.15, 0.2) is 54.6 Å². The monoisotopic (exact) mass is 318 g/mol. The lowest BCUT2D eigenvalue weighted by molar-refractivity contribution is 0.102. The number of pyridine rings is 1. The number of para-hydroxylation sites is 1. The number of aryl methyl sites for hydroxylation is 1. The van der Waals surface area contributed by atoms with E-state index in [0.717, 1.165) is 22.3 Å². The number of fused-ring (bicyclic) bond motifs is 1. The van der Waals surface area contributed by atoms with Crippen LogP contribution in [0.2, 0.25) is 0 Å². The third-order valence-electron chi connectivity index (χ3n) is 4.17. The van der Waals surface area contributed by atoms with E-state index in [0.29, 0.717) is 5.56 Å². The second-order valence-corrected chi connectivity index (χ2v) is 7.10. The van der Waals surface area contributed by atoms with Crippen LogP contribution in [-0.2, 0) is 5.41 Å². The van der Waals surface area contributed by atoms with E-state index in [-0.39, 0.29) is 11.3 Å². The molecule has 0 unspecified atom stereocenters. The van der Waals surface area contributed by atoms with Crippen molar-refractivity contribution in [2.75, 3.05) is 5.32 Å². The number of hydrogen-bond donors (Lipinski definition) is 1. The fourth-order valence-corrected chi connectivity index (χ4v) is 2.69. The molecule has 0 atom stereocenters. The molecule has 0 aliphatic rings. The maximum Gasteiger partial charge on any atom is 0.257 e. The van der Waals surface area contributed by atoms with E-state index in [1.165, 1.54) is 5.56 Å². The van der Waals surface area contributed by atoms with Gasteiger partial charge in [0.25, 0.3) is 5.91 Å². The van der Waals surface area contributed by atoms with Crippen LogP contribution in [0, 0.1) is 6.92 Å². The smallest absolute Gasteiger partial charge is 0.257 e. The van der Waals surface area contributed by atoms with E-state index in [9.17, 15) is 4.79 Å². The maximum atomic E-state index is 12.6. The van der Waals surface area contributed by atoms with E-state index in [1.807, 2.05) is 49.4 Å². The Bertz CT molecular complexity index is 890. The summed E-state index contributed by atoms with van der Waals surface area (Å²) in [7, 11) is 0. The van der Waals surface area contributed by atoms with Crippen molar-refractivity contribution in [3.63, 3.8) is 0 Å².